The number of rotatable bonds is 20. The monoisotopic (exact) mass is 544 g/mol. The number of nitrogens with zero attached hydrogens (tertiary/aromatic N) is 1. The van der Waals surface area contributed by atoms with Gasteiger partial charge in [0.25, 0.3) is 0 Å². The van der Waals surface area contributed by atoms with E-state index in [2.05, 4.69) is 20.9 Å². The maximum absolute atomic E-state index is 13.1. The zero-order valence-corrected chi connectivity index (χ0v) is 22.2. The third kappa shape index (κ3) is 15.6. The van der Waals surface area contributed by atoms with Gasteiger partial charge in [-0.15, -0.1) is 0 Å². The second-order valence-electron chi connectivity index (χ2n) is 9.42. The number of hydrogen-bond donors (Lipinski definition) is 9. The topological polar surface area (TPSA) is 278 Å². The number of hydrogen-bond acceptors (Lipinski definition) is 8. The van der Waals surface area contributed by atoms with Crippen molar-refractivity contribution in [3.8, 4) is 0 Å². The van der Waals surface area contributed by atoms with Crippen LogP contribution in [0.3, 0.4) is 0 Å². The molecule has 4 unspecified atom stereocenters. The Morgan fingerprint density at radius 2 is 1.32 bits per heavy atom. The van der Waals surface area contributed by atoms with Gasteiger partial charge in [0.2, 0.25) is 17.7 Å². The summed E-state index contributed by atoms with van der Waals surface area (Å²) in [5.74, 6) is -4.69. The highest BCUT2D eigenvalue weighted by atomic mass is 16.4. The summed E-state index contributed by atoms with van der Waals surface area (Å²) < 4.78 is 0. The van der Waals surface area contributed by atoms with E-state index in [1.165, 1.54) is 0 Å². The van der Waals surface area contributed by atoms with Crippen LogP contribution in [0.15, 0.2) is 4.99 Å². The Bertz CT molecular complexity index is 818. The van der Waals surface area contributed by atoms with Gasteiger partial charge >= 0.3 is 11.9 Å². The molecule has 0 aromatic heterocycles. The third-order valence-electron chi connectivity index (χ3n) is 5.48. The summed E-state index contributed by atoms with van der Waals surface area (Å²) in [7, 11) is 0. The highest BCUT2D eigenvalue weighted by Gasteiger charge is 2.30. The van der Waals surface area contributed by atoms with E-state index >= 15 is 0 Å². The fourth-order valence-corrected chi connectivity index (χ4v) is 3.50. The average molecular weight is 545 g/mol. The molecule has 0 bridgehead atoms. The van der Waals surface area contributed by atoms with Crippen LogP contribution in [-0.4, -0.2) is 83.1 Å². The standard InChI is InChI=1S/C23H44N8O7/c1-13(2)12-14(25)19(34)29-16(8-9-18(32)33)21(36)30-15(7-5-11-28-23(26)27)20(35)31-17(22(37)38)6-3-4-10-24/h13-17H,3-12,24-25H2,1-2H3,(H,29,34)(H,30,36)(H,31,35)(H,32,33)(H,37,38)(H4,26,27,28). The van der Waals surface area contributed by atoms with Crippen molar-refractivity contribution in [1.82, 2.24) is 16.0 Å². The smallest absolute Gasteiger partial charge is 0.326 e. The van der Waals surface area contributed by atoms with Gasteiger partial charge < -0.3 is 49.1 Å². The fourth-order valence-electron chi connectivity index (χ4n) is 3.50. The summed E-state index contributed by atoms with van der Waals surface area (Å²) in [6.07, 6.45) is 1.13. The second kappa shape index (κ2) is 18.7. The van der Waals surface area contributed by atoms with E-state index in [0.29, 0.717) is 25.8 Å². The van der Waals surface area contributed by atoms with Crippen LogP contribution in [0.25, 0.3) is 0 Å². The summed E-state index contributed by atoms with van der Waals surface area (Å²) in [6, 6.07) is -4.62. The van der Waals surface area contributed by atoms with Gasteiger partial charge in [0.15, 0.2) is 5.96 Å². The molecule has 0 aromatic carbocycles. The first-order valence-corrected chi connectivity index (χ1v) is 12.6. The van der Waals surface area contributed by atoms with Gasteiger partial charge in [0.1, 0.15) is 18.1 Å². The van der Waals surface area contributed by atoms with E-state index < -0.39 is 60.2 Å². The van der Waals surface area contributed by atoms with E-state index in [9.17, 15) is 29.1 Å². The molecule has 0 aliphatic rings. The van der Waals surface area contributed by atoms with E-state index in [-0.39, 0.29) is 44.1 Å². The predicted molar refractivity (Wildman–Crippen MR) is 141 cm³/mol. The maximum atomic E-state index is 13.1. The number of carbonyl (C=O) groups is 5. The summed E-state index contributed by atoms with van der Waals surface area (Å²) in [5, 5.41) is 26.0. The first-order chi connectivity index (χ1) is 17.8. The van der Waals surface area contributed by atoms with Crippen LogP contribution in [0, 0.1) is 5.92 Å². The number of aliphatic carboxylic acids is 2. The molecule has 0 aromatic rings. The van der Waals surface area contributed by atoms with Crippen molar-refractivity contribution in [2.75, 3.05) is 13.1 Å². The normalized spacial score (nSPS) is 14.0. The molecule has 0 aliphatic carbocycles. The van der Waals surface area contributed by atoms with Crippen molar-refractivity contribution >= 4 is 35.6 Å². The molecule has 0 aliphatic heterocycles. The number of carboxylic acid groups (broad SMARTS) is 2. The highest BCUT2D eigenvalue weighted by molar-refractivity contribution is 5.94. The summed E-state index contributed by atoms with van der Waals surface area (Å²) in [5.41, 5.74) is 22.0. The number of aliphatic imine (C=N–C) groups is 1. The van der Waals surface area contributed by atoms with Gasteiger partial charge in [-0.3, -0.25) is 24.2 Å². The van der Waals surface area contributed by atoms with Crippen LogP contribution in [0.4, 0.5) is 0 Å². The summed E-state index contributed by atoms with van der Waals surface area (Å²) >= 11 is 0. The van der Waals surface area contributed by atoms with Crippen LogP contribution >= 0.6 is 0 Å². The Kier molecular flexibility index (Phi) is 17.0. The first-order valence-electron chi connectivity index (χ1n) is 12.6. The zero-order chi connectivity index (χ0) is 29.3. The molecular weight excluding hydrogens is 500 g/mol. The Morgan fingerprint density at radius 1 is 0.789 bits per heavy atom. The number of carboxylic acids is 2. The second-order valence-corrected chi connectivity index (χ2v) is 9.42. The Morgan fingerprint density at radius 3 is 1.82 bits per heavy atom. The zero-order valence-electron chi connectivity index (χ0n) is 22.2. The summed E-state index contributed by atoms with van der Waals surface area (Å²) in [6.45, 7) is 4.25. The van der Waals surface area contributed by atoms with E-state index in [4.69, 9.17) is 28.0 Å². The van der Waals surface area contributed by atoms with Crippen LogP contribution in [0.2, 0.25) is 0 Å². The van der Waals surface area contributed by atoms with E-state index in [1.54, 1.807) is 0 Å². The fraction of sp³-hybridized carbons (Fsp3) is 0.739. The number of unbranched alkanes of at least 4 members (excludes halogenated alkanes) is 1. The molecule has 15 heteroatoms. The highest BCUT2D eigenvalue weighted by Crippen LogP contribution is 2.08. The molecule has 0 heterocycles. The molecule has 4 atom stereocenters. The lowest BCUT2D eigenvalue weighted by Gasteiger charge is -2.25. The van der Waals surface area contributed by atoms with E-state index in [1.807, 2.05) is 13.8 Å². The number of guanidine groups is 1. The minimum atomic E-state index is -1.29. The molecular formula is C23H44N8O7. The molecule has 0 saturated carbocycles. The third-order valence-corrected chi connectivity index (χ3v) is 5.48. The van der Waals surface area contributed by atoms with Crippen LogP contribution in [0.5, 0.6) is 0 Å². The Balaban J connectivity index is 5.67. The lowest BCUT2D eigenvalue weighted by atomic mass is 10.0. The summed E-state index contributed by atoms with van der Waals surface area (Å²) in [4.78, 5) is 65.2. The van der Waals surface area contributed by atoms with Gasteiger partial charge in [0.05, 0.1) is 6.04 Å². The van der Waals surface area contributed by atoms with Crippen molar-refractivity contribution in [2.45, 2.75) is 89.4 Å². The van der Waals surface area contributed by atoms with Crippen molar-refractivity contribution in [3.05, 3.63) is 0 Å². The van der Waals surface area contributed by atoms with Crippen molar-refractivity contribution in [2.24, 2.45) is 33.8 Å². The minimum absolute atomic E-state index is 0.0377. The molecule has 0 spiro atoms. The van der Waals surface area contributed by atoms with Gasteiger partial charge in [-0.2, -0.15) is 0 Å². The minimum Gasteiger partial charge on any atom is -0.481 e. The quantitative estimate of drug-likeness (QED) is 0.0456. The Labute approximate surface area is 222 Å². The lowest BCUT2D eigenvalue weighted by Crippen LogP contribution is -2.57. The molecule has 0 rings (SSSR count). The SMILES string of the molecule is CC(C)CC(N)C(=O)NC(CCC(=O)O)C(=O)NC(CCCN=C(N)N)C(=O)NC(CCCCN)C(=O)O. The number of nitrogens with one attached hydrogen (secondary N) is 3. The molecule has 218 valence electrons. The maximum Gasteiger partial charge on any atom is 0.326 e. The van der Waals surface area contributed by atoms with Crippen molar-refractivity contribution in [3.63, 3.8) is 0 Å². The molecule has 38 heavy (non-hydrogen) atoms. The molecule has 15 nitrogen and oxygen atoms in total. The van der Waals surface area contributed by atoms with Crippen LogP contribution in [0.1, 0.15) is 65.2 Å². The van der Waals surface area contributed by atoms with Crippen molar-refractivity contribution < 1.29 is 34.2 Å². The lowest BCUT2D eigenvalue weighted by molar-refractivity contribution is -0.142. The van der Waals surface area contributed by atoms with Crippen LogP contribution in [-0.2, 0) is 24.0 Å². The van der Waals surface area contributed by atoms with Crippen molar-refractivity contribution in [1.29, 1.82) is 0 Å². The molecule has 0 saturated heterocycles. The van der Waals surface area contributed by atoms with Gasteiger partial charge in [-0.05, 0) is 57.4 Å². The first kappa shape index (κ1) is 34.5. The van der Waals surface area contributed by atoms with Gasteiger partial charge in [-0.25, -0.2) is 4.79 Å². The van der Waals surface area contributed by atoms with Gasteiger partial charge in [-0.1, -0.05) is 13.8 Å². The number of amides is 3. The number of nitrogens with two attached hydrogens (primary N) is 4. The Hall–Kier alpha value is -3.46. The molecule has 13 N–H and O–H groups in total. The predicted octanol–water partition coefficient (Wildman–Crippen LogP) is -2.05. The van der Waals surface area contributed by atoms with E-state index in [0.717, 1.165) is 0 Å². The number of carbonyl (C=O) groups excluding carboxylic acids is 3. The molecule has 0 fully saturated rings. The molecule has 0 radical (unpaired) electrons. The average Bonchev–Trinajstić information content (AvgIpc) is 2.81. The van der Waals surface area contributed by atoms with Gasteiger partial charge in [0, 0.05) is 13.0 Å². The van der Waals surface area contributed by atoms with Crippen LogP contribution < -0.4 is 38.9 Å². The largest absolute Gasteiger partial charge is 0.481 e. The molecule has 3 amide bonds.